The molecule has 0 saturated carbocycles. The van der Waals surface area contributed by atoms with Crippen molar-refractivity contribution in [3.05, 3.63) is 30.1 Å². The Labute approximate surface area is 73.7 Å². The van der Waals surface area contributed by atoms with Gasteiger partial charge in [0.1, 0.15) is 0 Å². The average molecular weight is 164 g/mol. The first-order valence-electron chi connectivity index (χ1n) is 4.39. The van der Waals surface area contributed by atoms with Gasteiger partial charge in [0.15, 0.2) is 0 Å². The van der Waals surface area contributed by atoms with Crippen LogP contribution in [0.15, 0.2) is 24.5 Å². The summed E-state index contributed by atoms with van der Waals surface area (Å²) in [4.78, 5) is 0. The van der Waals surface area contributed by atoms with Crippen LogP contribution in [-0.4, -0.2) is 11.1 Å². The Hall–Kier alpha value is -1.02. The Morgan fingerprint density at radius 3 is 3.00 bits per heavy atom. The molecule has 0 unspecified atom stereocenters. The second-order valence-electron chi connectivity index (χ2n) is 2.76. The third-order valence-corrected chi connectivity index (χ3v) is 1.78. The molecule has 1 heterocycles. The molecule has 2 heteroatoms. The standard InChI is InChI=1S/C10H16N2/c1-2-12-8-6-10(9-12)5-3-4-7-11/h3,5-6,8-9H,2,4,7,11H2,1H3. The largest absolute Gasteiger partial charge is 0.354 e. The first-order chi connectivity index (χ1) is 5.86. The molecule has 0 fully saturated rings. The molecule has 0 bridgehead atoms. The fourth-order valence-electron chi connectivity index (χ4n) is 1.07. The molecule has 0 spiro atoms. The van der Waals surface area contributed by atoms with Gasteiger partial charge in [-0.15, -0.1) is 0 Å². The summed E-state index contributed by atoms with van der Waals surface area (Å²) in [7, 11) is 0. The molecule has 1 aromatic rings. The maximum absolute atomic E-state index is 5.37. The maximum Gasteiger partial charge on any atom is 0.0191 e. The molecule has 2 N–H and O–H groups in total. The van der Waals surface area contributed by atoms with Crippen LogP contribution in [0, 0.1) is 0 Å². The van der Waals surface area contributed by atoms with Gasteiger partial charge in [-0.25, -0.2) is 0 Å². The van der Waals surface area contributed by atoms with Gasteiger partial charge in [0.2, 0.25) is 0 Å². The van der Waals surface area contributed by atoms with E-state index in [0.717, 1.165) is 19.5 Å². The van der Waals surface area contributed by atoms with Gasteiger partial charge in [0.25, 0.3) is 0 Å². The van der Waals surface area contributed by atoms with Crippen LogP contribution in [-0.2, 0) is 6.54 Å². The first-order valence-corrected chi connectivity index (χ1v) is 4.39. The van der Waals surface area contributed by atoms with E-state index in [0.29, 0.717) is 0 Å². The van der Waals surface area contributed by atoms with Crippen LogP contribution in [0.3, 0.4) is 0 Å². The van der Waals surface area contributed by atoms with Crippen molar-refractivity contribution >= 4 is 6.08 Å². The molecular formula is C10H16N2. The molecule has 0 radical (unpaired) electrons. The van der Waals surface area contributed by atoms with E-state index in [1.807, 2.05) is 0 Å². The fraction of sp³-hybridized carbons (Fsp3) is 0.400. The minimum absolute atomic E-state index is 0.727. The molecule has 2 nitrogen and oxygen atoms in total. The van der Waals surface area contributed by atoms with Crippen LogP contribution in [0.2, 0.25) is 0 Å². The molecule has 1 rings (SSSR count). The lowest BCUT2D eigenvalue weighted by atomic mass is 10.3. The third-order valence-electron chi connectivity index (χ3n) is 1.78. The Balaban J connectivity index is 2.51. The normalized spacial score (nSPS) is 11.2. The van der Waals surface area contributed by atoms with Crippen LogP contribution in [0.5, 0.6) is 0 Å². The quantitative estimate of drug-likeness (QED) is 0.723. The summed E-state index contributed by atoms with van der Waals surface area (Å²) >= 11 is 0. The molecular weight excluding hydrogens is 148 g/mol. The molecule has 0 aliphatic rings. The zero-order chi connectivity index (χ0) is 8.81. The van der Waals surface area contributed by atoms with Crippen molar-refractivity contribution in [2.75, 3.05) is 6.54 Å². The van der Waals surface area contributed by atoms with Crippen molar-refractivity contribution in [1.29, 1.82) is 0 Å². The lowest BCUT2D eigenvalue weighted by Crippen LogP contribution is -1.94. The molecule has 0 saturated heterocycles. The Kier molecular flexibility index (Phi) is 3.61. The van der Waals surface area contributed by atoms with Crippen molar-refractivity contribution in [3.63, 3.8) is 0 Å². The summed E-state index contributed by atoms with van der Waals surface area (Å²) < 4.78 is 2.15. The SMILES string of the molecule is CCn1ccc(C=CCCN)c1. The summed E-state index contributed by atoms with van der Waals surface area (Å²) in [5, 5.41) is 0. The lowest BCUT2D eigenvalue weighted by molar-refractivity contribution is 0.769. The molecule has 12 heavy (non-hydrogen) atoms. The number of nitrogens with two attached hydrogens (primary N) is 1. The average Bonchev–Trinajstić information content (AvgIpc) is 2.53. The van der Waals surface area contributed by atoms with Crippen molar-refractivity contribution < 1.29 is 0 Å². The maximum atomic E-state index is 5.37. The van der Waals surface area contributed by atoms with Gasteiger partial charge in [0.05, 0.1) is 0 Å². The van der Waals surface area contributed by atoms with Gasteiger partial charge < -0.3 is 10.3 Å². The van der Waals surface area contributed by atoms with Gasteiger partial charge in [-0.2, -0.15) is 0 Å². The van der Waals surface area contributed by atoms with Crippen LogP contribution in [0.1, 0.15) is 18.9 Å². The number of aryl methyl sites for hydroxylation is 1. The van der Waals surface area contributed by atoms with Gasteiger partial charge in [0, 0.05) is 18.9 Å². The van der Waals surface area contributed by atoms with Gasteiger partial charge in [-0.3, -0.25) is 0 Å². The van der Waals surface area contributed by atoms with E-state index >= 15 is 0 Å². The zero-order valence-corrected chi connectivity index (χ0v) is 7.53. The Bertz CT molecular complexity index is 248. The number of nitrogens with zero attached hydrogens (tertiary/aromatic N) is 1. The highest BCUT2D eigenvalue weighted by molar-refractivity contribution is 5.47. The molecule has 0 amide bonds. The van der Waals surface area contributed by atoms with E-state index in [-0.39, 0.29) is 0 Å². The Morgan fingerprint density at radius 2 is 2.42 bits per heavy atom. The topological polar surface area (TPSA) is 30.9 Å². The third kappa shape index (κ3) is 2.55. The molecule has 0 aromatic carbocycles. The van der Waals surface area contributed by atoms with E-state index in [1.165, 1.54) is 5.56 Å². The van der Waals surface area contributed by atoms with Crippen molar-refractivity contribution in [3.8, 4) is 0 Å². The number of hydrogen-bond acceptors (Lipinski definition) is 1. The number of hydrogen-bond donors (Lipinski definition) is 1. The summed E-state index contributed by atoms with van der Waals surface area (Å²) in [5.74, 6) is 0. The van der Waals surface area contributed by atoms with E-state index < -0.39 is 0 Å². The van der Waals surface area contributed by atoms with Crippen molar-refractivity contribution in [2.24, 2.45) is 5.73 Å². The van der Waals surface area contributed by atoms with Gasteiger partial charge >= 0.3 is 0 Å². The fourth-order valence-corrected chi connectivity index (χ4v) is 1.07. The summed E-state index contributed by atoms with van der Waals surface area (Å²) in [6.45, 7) is 3.89. The van der Waals surface area contributed by atoms with Gasteiger partial charge in [-0.05, 0) is 31.5 Å². The van der Waals surface area contributed by atoms with Crippen molar-refractivity contribution in [1.82, 2.24) is 4.57 Å². The number of rotatable bonds is 4. The molecule has 0 atom stereocenters. The molecule has 0 aliphatic heterocycles. The smallest absolute Gasteiger partial charge is 0.0191 e. The number of aromatic nitrogens is 1. The second-order valence-corrected chi connectivity index (χ2v) is 2.76. The van der Waals surface area contributed by atoms with Crippen LogP contribution in [0.4, 0.5) is 0 Å². The van der Waals surface area contributed by atoms with E-state index in [2.05, 4.69) is 42.1 Å². The second kappa shape index (κ2) is 4.78. The lowest BCUT2D eigenvalue weighted by Gasteiger charge is -1.91. The van der Waals surface area contributed by atoms with E-state index in [4.69, 9.17) is 5.73 Å². The molecule has 1 aromatic heterocycles. The predicted octanol–water partition coefficient (Wildman–Crippen LogP) is 1.87. The first kappa shape index (κ1) is 9.07. The summed E-state index contributed by atoms with van der Waals surface area (Å²) in [5.41, 5.74) is 6.62. The van der Waals surface area contributed by atoms with Gasteiger partial charge in [-0.1, -0.05) is 12.2 Å². The highest BCUT2D eigenvalue weighted by Gasteiger charge is 1.88. The highest BCUT2D eigenvalue weighted by atomic mass is 14.9. The van der Waals surface area contributed by atoms with Crippen molar-refractivity contribution in [2.45, 2.75) is 19.9 Å². The molecule has 0 aliphatic carbocycles. The minimum Gasteiger partial charge on any atom is -0.354 e. The van der Waals surface area contributed by atoms with Crippen LogP contribution in [0.25, 0.3) is 6.08 Å². The summed E-state index contributed by atoms with van der Waals surface area (Å²) in [6, 6.07) is 2.11. The highest BCUT2D eigenvalue weighted by Crippen LogP contribution is 2.03. The Morgan fingerprint density at radius 1 is 1.58 bits per heavy atom. The van der Waals surface area contributed by atoms with E-state index in [9.17, 15) is 0 Å². The monoisotopic (exact) mass is 164 g/mol. The minimum atomic E-state index is 0.727. The van der Waals surface area contributed by atoms with Crippen LogP contribution < -0.4 is 5.73 Å². The van der Waals surface area contributed by atoms with Crippen LogP contribution >= 0.6 is 0 Å². The predicted molar refractivity (Wildman–Crippen MR) is 52.8 cm³/mol. The van der Waals surface area contributed by atoms with E-state index in [1.54, 1.807) is 0 Å². The summed E-state index contributed by atoms with van der Waals surface area (Å²) in [6.07, 6.45) is 9.39. The zero-order valence-electron chi connectivity index (χ0n) is 7.53. The molecule has 66 valence electrons.